The van der Waals surface area contributed by atoms with Gasteiger partial charge in [-0.25, -0.2) is 0 Å². The summed E-state index contributed by atoms with van der Waals surface area (Å²) in [6.45, 7) is 9.75. The first-order valence-corrected chi connectivity index (χ1v) is 6.53. The number of benzene rings is 1. The number of anilines is 1. The third-order valence-corrected chi connectivity index (χ3v) is 3.71. The van der Waals surface area contributed by atoms with Crippen LogP contribution in [0.4, 0.5) is 5.69 Å². The van der Waals surface area contributed by atoms with Crippen molar-refractivity contribution in [1.82, 2.24) is 5.32 Å². The summed E-state index contributed by atoms with van der Waals surface area (Å²) in [5.41, 5.74) is 3.27. The Morgan fingerprint density at radius 3 is 2.44 bits per heavy atom. The van der Waals surface area contributed by atoms with Gasteiger partial charge in [0.1, 0.15) is 0 Å². The van der Waals surface area contributed by atoms with Crippen LogP contribution in [0.15, 0.2) is 18.2 Å². The molecule has 3 nitrogen and oxygen atoms in total. The number of amides is 1. The molecule has 98 valence electrons. The van der Waals surface area contributed by atoms with Crippen molar-refractivity contribution in [2.75, 3.05) is 18.0 Å². The molecule has 1 aliphatic rings. The molecule has 18 heavy (non-hydrogen) atoms. The Balaban J connectivity index is 2.54. The summed E-state index contributed by atoms with van der Waals surface area (Å²) in [5.74, 6) is 0.162. The molecular formula is C15H22N2O. The zero-order valence-electron chi connectivity index (χ0n) is 11.7. The lowest BCUT2D eigenvalue weighted by Crippen LogP contribution is -2.48. The van der Waals surface area contributed by atoms with E-state index in [2.05, 4.69) is 45.1 Å². The molecule has 0 unspecified atom stereocenters. The summed E-state index contributed by atoms with van der Waals surface area (Å²) in [6.07, 6.45) is 0.965. The van der Waals surface area contributed by atoms with Crippen molar-refractivity contribution < 1.29 is 4.79 Å². The molecule has 1 heterocycles. The van der Waals surface area contributed by atoms with Gasteiger partial charge in [-0.3, -0.25) is 4.79 Å². The first kappa shape index (κ1) is 13.1. The number of rotatable bonds is 1. The van der Waals surface area contributed by atoms with Gasteiger partial charge in [0, 0.05) is 5.54 Å². The zero-order valence-corrected chi connectivity index (χ0v) is 11.7. The van der Waals surface area contributed by atoms with E-state index in [-0.39, 0.29) is 11.4 Å². The van der Waals surface area contributed by atoms with Gasteiger partial charge in [-0.2, -0.15) is 0 Å². The topological polar surface area (TPSA) is 32.3 Å². The smallest absolute Gasteiger partial charge is 0.241 e. The molecule has 1 aromatic rings. The average molecular weight is 246 g/mol. The summed E-state index contributed by atoms with van der Waals surface area (Å²) >= 11 is 0. The lowest BCUT2D eigenvalue weighted by molar-refractivity contribution is -0.118. The number of aryl methyl sites for hydroxylation is 2. The van der Waals surface area contributed by atoms with Crippen molar-refractivity contribution in [3.8, 4) is 0 Å². The molecule has 3 heteroatoms. The SMILES string of the molecule is Cc1cccc(C)c1N1C(=O)CNCCC1(C)C. The van der Waals surface area contributed by atoms with E-state index in [1.165, 1.54) is 11.1 Å². The van der Waals surface area contributed by atoms with E-state index in [0.29, 0.717) is 6.54 Å². The molecule has 1 aromatic carbocycles. The van der Waals surface area contributed by atoms with Crippen molar-refractivity contribution >= 4 is 11.6 Å². The number of nitrogens with zero attached hydrogens (tertiary/aromatic N) is 1. The highest BCUT2D eigenvalue weighted by molar-refractivity contribution is 5.97. The third-order valence-electron chi connectivity index (χ3n) is 3.71. The monoisotopic (exact) mass is 246 g/mol. The molecule has 0 radical (unpaired) electrons. The second-order valence-corrected chi connectivity index (χ2v) is 5.71. The molecule has 0 atom stereocenters. The van der Waals surface area contributed by atoms with Crippen molar-refractivity contribution in [1.29, 1.82) is 0 Å². The van der Waals surface area contributed by atoms with Gasteiger partial charge < -0.3 is 10.2 Å². The minimum Gasteiger partial charge on any atom is -0.308 e. The molecule has 0 saturated carbocycles. The van der Waals surface area contributed by atoms with E-state index in [1.54, 1.807) is 0 Å². The van der Waals surface area contributed by atoms with E-state index in [1.807, 2.05) is 11.0 Å². The predicted molar refractivity (Wildman–Crippen MR) is 75.0 cm³/mol. The largest absolute Gasteiger partial charge is 0.308 e. The van der Waals surface area contributed by atoms with Crippen LogP contribution in [0.1, 0.15) is 31.4 Å². The molecule has 1 amide bonds. The standard InChI is InChI=1S/C15H22N2O/c1-11-6-5-7-12(2)14(11)17-13(18)10-16-9-8-15(17,3)4/h5-7,16H,8-10H2,1-4H3. The maximum atomic E-state index is 12.4. The molecule has 0 spiro atoms. The van der Waals surface area contributed by atoms with E-state index in [9.17, 15) is 4.79 Å². The second-order valence-electron chi connectivity index (χ2n) is 5.71. The third kappa shape index (κ3) is 2.27. The second kappa shape index (κ2) is 4.73. The Morgan fingerprint density at radius 2 is 1.83 bits per heavy atom. The predicted octanol–water partition coefficient (Wildman–Crippen LogP) is 2.41. The Morgan fingerprint density at radius 1 is 1.22 bits per heavy atom. The summed E-state index contributed by atoms with van der Waals surface area (Å²) in [7, 11) is 0. The molecule has 2 rings (SSSR count). The zero-order chi connectivity index (χ0) is 13.3. The molecule has 1 fully saturated rings. The Bertz CT molecular complexity index is 445. The summed E-state index contributed by atoms with van der Waals surface area (Å²) in [5, 5.41) is 3.20. The molecular weight excluding hydrogens is 224 g/mol. The van der Waals surface area contributed by atoms with Gasteiger partial charge in [0.2, 0.25) is 5.91 Å². The normalized spacial score (nSPS) is 19.8. The van der Waals surface area contributed by atoms with Gasteiger partial charge in [0.25, 0.3) is 0 Å². The van der Waals surface area contributed by atoms with Gasteiger partial charge >= 0.3 is 0 Å². The molecule has 1 N–H and O–H groups in total. The summed E-state index contributed by atoms with van der Waals surface area (Å²) in [4.78, 5) is 14.4. The molecule has 0 aromatic heterocycles. The van der Waals surface area contributed by atoms with Gasteiger partial charge in [-0.15, -0.1) is 0 Å². The van der Waals surface area contributed by atoms with E-state index < -0.39 is 0 Å². The van der Waals surface area contributed by atoms with Crippen LogP contribution in [-0.2, 0) is 4.79 Å². The number of nitrogens with one attached hydrogen (secondary N) is 1. The summed E-state index contributed by atoms with van der Waals surface area (Å²) < 4.78 is 0. The van der Waals surface area contributed by atoms with Crippen molar-refractivity contribution in [2.24, 2.45) is 0 Å². The molecule has 1 aliphatic heterocycles. The van der Waals surface area contributed by atoms with E-state index in [0.717, 1.165) is 18.7 Å². The minimum atomic E-state index is -0.141. The van der Waals surface area contributed by atoms with Crippen molar-refractivity contribution in [3.63, 3.8) is 0 Å². The number of para-hydroxylation sites is 1. The molecule has 0 aliphatic carbocycles. The van der Waals surface area contributed by atoms with Gasteiger partial charge in [-0.1, -0.05) is 18.2 Å². The fourth-order valence-corrected chi connectivity index (χ4v) is 2.70. The van der Waals surface area contributed by atoms with Crippen LogP contribution in [0.25, 0.3) is 0 Å². The van der Waals surface area contributed by atoms with Gasteiger partial charge in [0.05, 0.1) is 12.2 Å². The van der Waals surface area contributed by atoms with Gasteiger partial charge in [-0.05, 0) is 51.8 Å². The van der Waals surface area contributed by atoms with Crippen LogP contribution in [0.3, 0.4) is 0 Å². The van der Waals surface area contributed by atoms with Gasteiger partial charge in [0.15, 0.2) is 0 Å². The first-order valence-electron chi connectivity index (χ1n) is 6.53. The quantitative estimate of drug-likeness (QED) is 0.825. The number of hydrogen-bond acceptors (Lipinski definition) is 2. The van der Waals surface area contributed by atoms with E-state index in [4.69, 9.17) is 0 Å². The highest BCUT2D eigenvalue weighted by atomic mass is 16.2. The average Bonchev–Trinajstić information content (AvgIpc) is 2.40. The maximum absolute atomic E-state index is 12.4. The van der Waals surface area contributed by atoms with Crippen LogP contribution in [0, 0.1) is 13.8 Å². The fraction of sp³-hybridized carbons (Fsp3) is 0.533. The molecule has 1 saturated heterocycles. The van der Waals surface area contributed by atoms with Crippen LogP contribution in [-0.4, -0.2) is 24.5 Å². The fourth-order valence-electron chi connectivity index (χ4n) is 2.70. The highest BCUT2D eigenvalue weighted by Crippen LogP contribution is 2.33. The highest BCUT2D eigenvalue weighted by Gasteiger charge is 2.35. The van der Waals surface area contributed by atoms with Crippen molar-refractivity contribution in [3.05, 3.63) is 29.3 Å². The Labute approximate surface area is 109 Å². The number of carbonyl (C=O) groups is 1. The number of carbonyl (C=O) groups excluding carboxylic acids is 1. The van der Waals surface area contributed by atoms with Crippen LogP contribution in [0.2, 0.25) is 0 Å². The van der Waals surface area contributed by atoms with Crippen LogP contribution < -0.4 is 10.2 Å². The lowest BCUT2D eigenvalue weighted by Gasteiger charge is -2.38. The maximum Gasteiger partial charge on any atom is 0.241 e. The van der Waals surface area contributed by atoms with Crippen molar-refractivity contribution in [2.45, 2.75) is 39.7 Å². The molecule has 0 bridgehead atoms. The van der Waals surface area contributed by atoms with Crippen LogP contribution >= 0.6 is 0 Å². The number of hydrogen-bond donors (Lipinski definition) is 1. The summed E-state index contributed by atoms with van der Waals surface area (Å²) in [6, 6.07) is 6.19. The van der Waals surface area contributed by atoms with Crippen LogP contribution in [0.5, 0.6) is 0 Å². The van der Waals surface area contributed by atoms with E-state index >= 15 is 0 Å². The first-order chi connectivity index (χ1) is 8.43. The Hall–Kier alpha value is -1.35. The lowest BCUT2D eigenvalue weighted by atomic mass is 9.95. The Kier molecular flexibility index (Phi) is 3.44. The minimum absolute atomic E-state index is 0.141.